The number of fused-ring (bicyclic) bond motifs is 2. The van der Waals surface area contributed by atoms with Crippen LogP contribution in [0.3, 0.4) is 0 Å². The zero-order valence-corrected chi connectivity index (χ0v) is 21.2. The number of aliphatic hydroxyl groups excluding tert-OH is 1. The summed E-state index contributed by atoms with van der Waals surface area (Å²) < 4.78 is 55.6. The van der Waals surface area contributed by atoms with Crippen LogP contribution in [-0.4, -0.2) is 64.8 Å². The molecule has 2 saturated heterocycles. The van der Waals surface area contributed by atoms with Crippen molar-refractivity contribution in [1.82, 2.24) is 9.80 Å². The van der Waals surface area contributed by atoms with Gasteiger partial charge in [-0.05, 0) is 35.2 Å². The Balaban J connectivity index is 1.10. The molecule has 2 aliphatic rings. The number of carbonyl (C=O) groups excluding carboxylic acids is 1. The van der Waals surface area contributed by atoms with E-state index in [1.807, 2.05) is 30.3 Å². The van der Waals surface area contributed by atoms with Gasteiger partial charge >= 0.3 is 12.3 Å². The molecule has 9 heteroatoms. The summed E-state index contributed by atoms with van der Waals surface area (Å²) in [5, 5.41) is 10.5. The number of benzene rings is 3. The van der Waals surface area contributed by atoms with E-state index in [0.29, 0.717) is 29.8 Å². The fraction of sp³-hybridized carbons (Fsp3) is 0.367. The minimum atomic E-state index is -4.18. The SMILES string of the molecule is O=C(c1ccccc1)C(O)c1ccc(CN2C[C@@H]3C[C@H]2CN3Cc2ccc(OCC(F)(F)C(F)F)cc2)cc1. The normalized spacial score (nSPS) is 20.5. The summed E-state index contributed by atoms with van der Waals surface area (Å²) in [6, 6.07) is 23.7. The van der Waals surface area contributed by atoms with E-state index in [1.54, 1.807) is 36.4 Å². The summed E-state index contributed by atoms with van der Waals surface area (Å²) in [7, 11) is 0. The molecule has 39 heavy (non-hydrogen) atoms. The van der Waals surface area contributed by atoms with Gasteiger partial charge in [-0.3, -0.25) is 14.6 Å². The third kappa shape index (κ3) is 6.32. The Bertz CT molecular complexity index is 1260. The number of likely N-dealkylation sites (tertiary alicyclic amines) is 2. The van der Waals surface area contributed by atoms with Gasteiger partial charge in [-0.15, -0.1) is 0 Å². The van der Waals surface area contributed by atoms with Crippen LogP contribution in [0.5, 0.6) is 5.75 Å². The van der Waals surface area contributed by atoms with E-state index in [1.165, 1.54) is 12.1 Å². The van der Waals surface area contributed by atoms with E-state index in [9.17, 15) is 27.5 Å². The van der Waals surface area contributed by atoms with Gasteiger partial charge < -0.3 is 9.84 Å². The van der Waals surface area contributed by atoms with Crippen molar-refractivity contribution in [1.29, 1.82) is 0 Å². The number of carbonyl (C=O) groups is 1. The first-order valence-electron chi connectivity index (χ1n) is 12.9. The highest BCUT2D eigenvalue weighted by molar-refractivity contribution is 5.99. The molecule has 3 aromatic carbocycles. The first-order chi connectivity index (χ1) is 18.7. The van der Waals surface area contributed by atoms with Crippen LogP contribution in [0.1, 0.15) is 39.6 Å². The molecule has 0 aromatic heterocycles. The van der Waals surface area contributed by atoms with Gasteiger partial charge in [0, 0.05) is 43.8 Å². The Morgan fingerprint density at radius 3 is 1.92 bits per heavy atom. The number of halogens is 4. The molecule has 2 bridgehead atoms. The van der Waals surface area contributed by atoms with E-state index < -0.39 is 25.1 Å². The average molecular weight is 543 g/mol. The maximum Gasteiger partial charge on any atom is 0.340 e. The first-order valence-corrected chi connectivity index (χ1v) is 12.9. The number of hydrogen-bond donors (Lipinski definition) is 1. The molecule has 3 atom stereocenters. The average Bonchev–Trinajstić information content (AvgIpc) is 3.53. The molecule has 0 radical (unpaired) electrons. The third-order valence-corrected chi connectivity index (χ3v) is 7.51. The molecule has 2 fully saturated rings. The van der Waals surface area contributed by atoms with Crippen LogP contribution in [-0.2, 0) is 13.1 Å². The number of ketones is 1. The highest BCUT2D eigenvalue weighted by Crippen LogP contribution is 2.33. The zero-order chi connectivity index (χ0) is 27.6. The summed E-state index contributed by atoms with van der Waals surface area (Å²) >= 11 is 0. The quantitative estimate of drug-likeness (QED) is 0.262. The molecule has 0 saturated carbocycles. The fourth-order valence-corrected chi connectivity index (χ4v) is 5.34. The van der Waals surface area contributed by atoms with Crippen molar-refractivity contribution >= 4 is 5.78 Å². The van der Waals surface area contributed by atoms with Gasteiger partial charge in [-0.2, -0.15) is 8.78 Å². The lowest BCUT2D eigenvalue weighted by atomic mass is 9.99. The number of ether oxygens (including phenoxy) is 1. The molecule has 0 aliphatic carbocycles. The Labute approximate surface area is 224 Å². The summed E-state index contributed by atoms with van der Waals surface area (Å²) in [6.07, 6.45) is -3.89. The maximum absolute atomic E-state index is 13.1. The highest BCUT2D eigenvalue weighted by atomic mass is 19.3. The molecule has 5 nitrogen and oxygen atoms in total. The van der Waals surface area contributed by atoms with Gasteiger partial charge in [0.1, 0.15) is 11.9 Å². The van der Waals surface area contributed by atoms with Gasteiger partial charge in [0.05, 0.1) is 0 Å². The minimum absolute atomic E-state index is 0.135. The molecule has 0 spiro atoms. The van der Waals surface area contributed by atoms with Gasteiger partial charge in [0.15, 0.2) is 12.4 Å². The summed E-state index contributed by atoms with van der Waals surface area (Å²) in [6.45, 7) is 1.97. The number of rotatable bonds is 11. The number of piperazine rings is 1. The van der Waals surface area contributed by atoms with E-state index in [2.05, 4.69) is 9.80 Å². The molecule has 2 aliphatic heterocycles. The van der Waals surface area contributed by atoms with E-state index >= 15 is 0 Å². The molecular formula is C30H30F4N2O3. The van der Waals surface area contributed by atoms with Gasteiger partial charge in [-0.1, -0.05) is 66.7 Å². The fourth-order valence-electron chi connectivity index (χ4n) is 5.34. The highest BCUT2D eigenvalue weighted by Gasteiger charge is 2.43. The predicted molar refractivity (Wildman–Crippen MR) is 138 cm³/mol. The Morgan fingerprint density at radius 2 is 1.41 bits per heavy atom. The van der Waals surface area contributed by atoms with Gasteiger partial charge in [0.2, 0.25) is 0 Å². The Hall–Kier alpha value is -3.27. The van der Waals surface area contributed by atoms with Gasteiger partial charge in [-0.25, -0.2) is 8.78 Å². The minimum Gasteiger partial charge on any atom is -0.487 e. The Kier molecular flexibility index (Phi) is 8.02. The predicted octanol–water partition coefficient (Wildman–Crippen LogP) is 5.34. The van der Waals surface area contributed by atoms with Crippen molar-refractivity contribution in [2.45, 2.75) is 50.0 Å². The van der Waals surface area contributed by atoms with Crippen LogP contribution in [0.25, 0.3) is 0 Å². The monoisotopic (exact) mass is 542 g/mol. The smallest absolute Gasteiger partial charge is 0.340 e. The Morgan fingerprint density at radius 1 is 0.872 bits per heavy atom. The molecule has 3 aromatic rings. The number of aliphatic hydroxyl groups is 1. The lowest BCUT2D eigenvalue weighted by Gasteiger charge is -2.34. The lowest BCUT2D eigenvalue weighted by Crippen LogP contribution is -2.45. The van der Waals surface area contributed by atoms with Crippen LogP contribution in [0, 0.1) is 0 Å². The van der Waals surface area contributed by atoms with Crippen LogP contribution in [0.2, 0.25) is 0 Å². The molecule has 0 amide bonds. The summed E-state index contributed by atoms with van der Waals surface area (Å²) in [5.74, 6) is -4.36. The van der Waals surface area contributed by atoms with Gasteiger partial charge in [0.25, 0.3) is 0 Å². The van der Waals surface area contributed by atoms with E-state index in [-0.39, 0.29) is 11.5 Å². The van der Waals surface area contributed by atoms with Crippen molar-refractivity contribution < 1.29 is 32.2 Å². The van der Waals surface area contributed by atoms with E-state index in [4.69, 9.17) is 4.74 Å². The van der Waals surface area contributed by atoms with Crippen molar-refractivity contribution in [2.24, 2.45) is 0 Å². The summed E-state index contributed by atoms with van der Waals surface area (Å²) in [4.78, 5) is 17.4. The number of nitrogens with zero attached hydrogens (tertiary/aromatic N) is 2. The second-order valence-corrected chi connectivity index (χ2v) is 10.3. The second kappa shape index (κ2) is 11.5. The number of alkyl halides is 4. The lowest BCUT2D eigenvalue weighted by molar-refractivity contribution is -0.148. The zero-order valence-electron chi connectivity index (χ0n) is 21.2. The largest absolute Gasteiger partial charge is 0.487 e. The topological polar surface area (TPSA) is 53.0 Å². The molecular weight excluding hydrogens is 512 g/mol. The summed E-state index contributed by atoms with van der Waals surface area (Å²) in [5.41, 5.74) is 3.16. The molecule has 5 rings (SSSR count). The van der Waals surface area contributed by atoms with Crippen LogP contribution >= 0.6 is 0 Å². The third-order valence-electron chi connectivity index (χ3n) is 7.51. The molecule has 1 N–H and O–H groups in total. The van der Waals surface area contributed by atoms with E-state index in [0.717, 1.165) is 37.2 Å². The van der Waals surface area contributed by atoms with Crippen molar-refractivity contribution in [3.8, 4) is 5.75 Å². The molecule has 1 unspecified atom stereocenters. The second-order valence-electron chi connectivity index (χ2n) is 10.3. The van der Waals surface area contributed by atoms with Crippen molar-refractivity contribution in [2.75, 3.05) is 19.7 Å². The number of Topliss-reactive ketones (excluding diaryl/α,β-unsaturated/α-hetero) is 1. The molecule has 2 heterocycles. The van der Waals surface area contributed by atoms with Crippen LogP contribution in [0.15, 0.2) is 78.9 Å². The molecule has 206 valence electrons. The van der Waals surface area contributed by atoms with Crippen molar-refractivity contribution in [3.63, 3.8) is 0 Å². The van der Waals surface area contributed by atoms with Crippen LogP contribution < -0.4 is 4.74 Å². The number of hydrogen-bond acceptors (Lipinski definition) is 5. The maximum atomic E-state index is 13.1. The van der Waals surface area contributed by atoms with Crippen molar-refractivity contribution in [3.05, 3.63) is 101 Å². The standard InChI is InChI=1S/C30H30F4N2O3/c31-29(32)30(33,34)19-39-26-12-8-21(9-13-26)16-36-18-24-14-25(36)17-35(24)15-20-6-10-23(11-7-20)28(38)27(37)22-4-2-1-3-5-22/h1-13,24-25,28-29,38H,14-19H2/t24-,25-,28?/m0/s1. The van der Waals surface area contributed by atoms with Crippen LogP contribution in [0.4, 0.5) is 17.6 Å². The first kappa shape index (κ1) is 27.3.